The van der Waals surface area contributed by atoms with Crippen LogP contribution in [0, 0.1) is 5.41 Å². The van der Waals surface area contributed by atoms with Crippen LogP contribution in [0.4, 0.5) is 5.82 Å². The topological polar surface area (TPSA) is 170 Å². The third-order valence-corrected chi connectivity index (χ3v) is 8.15. The standard InChI is InChI=1S/C24H39N6O7P/c1-7-34-22(32)24(8-9-24)10-11-36-38(33,29-23(5,6)21(31)37-16(2)3)15-35-17(4)12-30-14-28-18-19(25)26-13-27-20(18)30/h13-14,16-17H,7-12,15H2,1-6H3,(H,29,33)(H2,25,26,27)/t17-,38?/m1/s1. The number of imidazole rings is 1. The summed E-state index contributed by atoms with van der Waals surface area (Å²) < 4.78 is 38.0. The third kappa shape index (κ3) is 7.49. The van der Waals surface area contributed by atoms with Gasteiger partial charge in [0.1, 0.15) is 23.7 Å². The van der Waals surface area contributed by atoms with E-state index in [0.29, 0.717) is 43.6 Å². The Morgan fingerprint density at radius 3 is 2.58 bits per heavy atom. The SMILES string of the molecule is CCOC(=O)C1(CCOP(=O)(CO[C@H](C)Cn2cnc3c(N)ncnc32)NC(C)(C)C(=O)OC(C)C)CC1. The minimum atomic E-state index is -3.74. The van der Waals surface area contributed by atoms with Crippen molar-refractivity contribution in [3.05, 3.63) is 12.7 Å². The van der Waals surface area contributed by atoms with Gasteiger partial charge in [0.25, 0.3) is 7.52 Å². The second-order valence-electron chi connectivity index (χ2n) is 10.4. The Hall–Kier alpha value is -2.60. The maximum Gasteiger partial charge on any atom is 0.326 e. The molecule has 38 heavy (non-hydrogen) atoms. The fraction of sp³-hybridized carbons (Fsp3) is 0.708. The van der Waals surface area contributed by atoms with E-state index in [0.717, 1.165) is 0 Å². The number of nitrogens with one attached hydrogen (secondary N) is 1. The molecule has 14 heteroatoms. The molecular weight excluding hydrogens is 515 g/mol. The largest absolute Gasteiger partial charge is 0.466 e. The highest BCUT2D eigenvalue weighted by Crippen LogP contribution is 2.52. The Balaban J connectivity index is 1.68. The number of carbonyl (C=O) groups excluding carboxylic acids is 2. The zero-order chi connectivity index (χ0) is 28.1. The summed E-state index contributed by atoms with van der Waals surface area (Å²) in [6.45, 7) is 10.8. The number of esters is 2. The Morgan fingerprint density at radius 1 is 1.24 bits per heavy atom. The van der Waals surface area contributed by atoms with E-state index in [9.17, 15) is 14.2 Å². The third-order valence-electron chi connectivity index (χ3n) is 6.16. The van der Waals surface area contributed by atoms with Gasteiger partial charge in [-0.3, -0.25) is 14.2 Å². The monoisotopic (exact) mass is 554 g/mol. The normalized spacial score (nSPS) is 17.2. The number of fused-ring (bicyclic) bond motifs is 1. The van der Waals surface area contributed by atoms with E-state index in [1.807, 2.05) is 0 Å². The average Bonchev–Trinajstić information content (AvgIpc) is 3.51. The van der Waals surface area contributed by atoms with Crippen molar-refractivity contribution in [1.29, 1.82) is 0 Å². The molecule has 0 radical (unpaired) electrons. The van der Waals surface area contributed by atoms with Crippen molar-refractivity contribution in [3.8, 4) is 0 Å². The van der Waals surface area contributed by atoms with Gasteiger partial charge in [0, 0.05) is 0 Å². The molecular formula is C24H39N6O7P. The molecule has 0 amide bonds. The number of rotatable bonds is 15. The zero-order valence-corrected chi connectivity index (χ0v) is 23.8. The second kappa shape index (κ2) is 12.1. The van der Waals surface area contributed by atoms with Crippen molar-refractivity contribution in [2.45, 2.75) is 85.1 Å². The number of anilines is 1. The minimum Gasteiger partial charge on any atom is -0.466 e. The molecule has 1 saturated carbocycles. The number of nitrogens with two attached hydrogens (primary N) is 1. The second-order valence-corrected chi connectivity index (χ2v) is 12.5. The number of hydrogen-bond donors (Lipinski definition) is 2. The molecule has 2 atom stereocenters. The molecule has 2 aromatic heterocycles. The maximum absolute atomic E-state index is 13.9. The van der Waals surface area contributed by atoms with Gasteiger partial charge in [0.15, 0.2) is 11.5 Å². The van der Waals surface area contributed by atoms with Gasteiger partial charge in [0.05, 0.1) is 43.7 Å². The van der Waals surface area contributed by atoms with E-state index >= 15 is 0 Å². The minimum absolute atomic E-state index is 0.0263. The maximum atomic E-state index is 13.9. The van der Waals surface area contributed by atoms with E-state index in [-0.39, 0.29) is 30.8 Å². The fourth-order valence-corrected chi connectivity index (χ4v) is 5.89. The van der Waals surface area contributed by atoms with Crippen LogP contribution in [0.2, 0.25) is 0 Å². The molecule has 0 aliphatic heterocycles. The summed E-state index contributed by atoms with van der Waals surface area (Å²) in [7, 11) is -3.74. The van der Waals surface area contributed by atoms with Crippen LogP contribution in [0.3, 0.4) is 0 Å². The molecule has 1 aliphatic carbocycles. The van der Waals surface area contributed by atoms with Crippen LogP contribution in [-0.4, -0.2) is 68.8 Å². The number of carbonyl (C=O) groups is 2. The molecule has 13 nitrogen and oxygen atoms in total. The van der Waals surface area contributed by atoms with Crippen LogP contribution < -0.4 is 10.8 Å². The van der Waals surface area contributed by atoms with Gasteiger partial charge in [-0.05, 0) is 60.8 Å². The molecule has 0 saturated heterocycles. The first kappa shape index (κ1) is 29.9. The predicted octanol–water partition coefficient (Wildman–Crippen LogP) is 3.03. The summed E-state index contributed by atoms with van der Waals surface area (Å²) in [5, 5.41) is 2.85. The van der Waals surface area contributed by atoms with Crippen molar-refractivity contribution >= 4 is 36.4 Å². The van der Waals surface area contributed by atoms with Gasteiger partial charge in [-0.2, -0.15) is 0 Å². The van der Waals surface area contributed by atoms with Crippen molar-refractivity contribution in [3.63, 3.8) is 0 Å². The van der Waals surface area contributed by atoms with Gasteiger partial charge < -0.3 is 29.0 Å². The van der Waals surface area contributed by atoms with Gasteiger partial charge in [-0.25, -0.2) is 20.0 Å². The highest BCUT2D eigenvalue weighted by atomic mass is 31.2. The summed E-state index contributed by atoms with van der Waals surface area (Å²) in [4.78, 5) is 37.4. The highest BCUT2D eigenvalue weighted by molar-refractivity contribution is 7.56. The van der Waals surface area contributed by atoms with Crippen LogP contribution in [0.1, 0.15) is 60.8 Å². The molecule has 1 unspecified atom stereocenters. The summed E-state index contributed by atoms with van der Waals surface area (Å²) in [6.07, 6.45) is 3.59. The Morgan fingerprint density at radius 2 is 1.95 bits per heavy atom. The van der Waals surface area contributed by atoms with Crippen LogP contribution >= 0.6 is 7.52 Å². The van der Waals surface area contributed by atoms with Crippen molar-refractivity contribution < 1.29 is 32.9 Å². The predicted molar refractivity (Wildman–Crippen MR) is 140 cm³/mol. The number of ether oxygens (including phenoxy) is 3. The van der Waals surface area contributed by atoms with E-state index in [2.05, 4.69) is 20.0 Å². The smallest absolute Gasteiger partial charge is 0.326 e. The Labute approximate surface area is 222 Å². The lowest BCUT2D eigenvalue weighted by molar-refractivity contribution is -0.153. The first-order chi connectivity index (χ1) is 17.8. The molecule has 212 valence electrons. The molecule has 0 spiro atoms. The van der Waals surface area contributed by atoms with Crippen LogP contribution in [0.25, 0.3) is 11.2 Å². The number of hydrogen-bond acceptors (Lipinski definition) is 11. The first-order valence-electron chi connectivity index (χ1n) is 12.7. The van der Waals surface area contributed by atoms with Crippen molar-refractivity contribution in [1.82, 2.24) is 24.6 Å². The summed E-state index contributed by atoms with van der Waals surface area (Å²) in [5.74, 6) is -0.568. The zero-order valence-electron chi connectivity index (χ0n) is 22.9. The van der Waals surface area contributed by atoms with E-state index in [4.69, 9.17) is 24.5 Å². The number of nitrogens with zero attached hydrogens (tertiary/aromatic N) is 4. The number of nitrogen functional groups attached to an aromatic ring is 1. The molecule has 0 bridgehead atoms. The van der Waals surface area contributed by atoms with Crippen LogP contribution in [0.5, 0.6) is 0 Å². The molecule has 2 aromatic rings. The highest BCUT2D eigenvalue weighted by Gasteiger charge is 2.51. The van der Waals surface area contributed by atoms with E-state index in [1.54, 1.807) is 52.4 Å². The molecule has 1 fully saturated rings. The Kier molecular flexibility index (Phi) is 9.51. The molecule has 3 N–H and O–H groups in total. The average molecular weight is 555 g/mol. The van der Waals surface area contributed by atoms with Gasteiger partial charge in [-0.15, -0.1) is 0 Å². The number of aromatic nitrogens is 4. The van der Waals surface area contributed by atoms with Gasteiger partial charge in [0.2, 0.25) is 0 Å². The lowest BCUT2D eigenvalue weighted by atomic mass is 10.0. The molecule has 3 rings (SSSR count). The van der Waals surface area contributed by atoms with Crippen molar-refractivity contribution in [2.75, 3.05) is 25.3 Å². The summed E-state index contributed by atoms with van der Waals surface area (Å²) >= 11 is 0. The van der Waals surface area contributed by atoms with Gasteiger partial charge in [-0.1, -0.05) is 0 Å². The van der Waals surface area contributed by atoms with Crippen molar-refractivity contribution in [2.24, 2.45) is 5.41 Å². The Bertz CT molecular complexity index is 1180. The van der Waals surface area contributed by atoms with Gasteiger partial charge >= 0.3 is 11.9 Å². The van der Waals surface area contributed by atoms with E-state index in [1.165, 1.54) is 6.33 Å². The lowest BCUT2D eigenvalue weighted by Gasteiger charge is -2.31. The summed E-state index contributed by atoms with van der Waals surface area (Å²) in [5.41, 5.74) is 4.97. The van der Waals surface area contributed by atoms with E-state index < -0.39 is 30.5 Å². The first-order valence-corrected chi connectivity index (χ1v) is 14.6. The molecule has 2 heterocycles. The molecule has 0 aromatic carbocycles. The quantitative estimate of drug-likeness (QED) is 0.244. The fourth-order valence-electron chi connectivity index (χ4n) is 3.90. The molecule has 1 aliphatic rings. The summed E-state index contributed by atoms with van der Waals surface area (Å²) in [6, 6.07) is 0. The van der Waals surface area contributed by atoms with Crippen LogP contribution in [0.15, 0.2) is 12.7 Å². The lowest BCUT2D eigenvalue weighted by Crippen LogP contribution is -2.47. The van der Waals surface area contributed by atoms with Crippen LogP contribution in [-0.2, 0) is 39.4 Å².